The lowest BCUT2D eigenvalue weighted by Gasteiger charge is -2.49. The van der Waals surface area contributed by atoms with Gasteiger partial charge in [0.15, 0.2) is 11.8 Å². The molecule has 2 aromatic carbocycles. The first kappa shape index (κ1) is 40.8. The van der Waals surface area contributed by atoms with Crippen LogP contribution in [0.3, 0.4) is 0 Å². The molecule has 5 N–H and O–H groups in total. The van der Waals surface area contributed by atoms with Crippen molar-refractivity contribution in [3.05, 3.63) is 71.3 Å². The number of carbonyl (C=O) groups is 3. The number of amides is 2. The van der Waals surface area contributed by atoms with E-state index in [1.165, 1.54) is 12.0 Å². The van der Waals surface area contributed by atoms with Crippen LogP contribution in [0.25, 0.3) is 6.08 Å². The van der Waals surface area contributed by atoms with E-state index in [1.54, 1.807) is 12.1 Å². The first-order valence-electron chi connectivity index (χ1n) is 19.9. The van der Waals surface area contributed by atoms with Crippen molar-refractivity contribution in [1.29, 1.82) is 0 Å². The molecule has 0 spiro atoms. The summed E-state index contributed by atoms with van der Waals surface area (Å²) in [6, 6.07) is 12.4. The van der Waals surface area contributed by atoms with E-state index in [0.29, 0.717) is 19.3 Å². The number of rotatable bonds is 19. The molecule has 1 aliphatic carbocycles. The van der Waals surface area contributed by atoms with Crippen molar-refractivity contribution in [2.24, 2.45) is 5.41 Å². The lowest BCUT2D eigenvalue weighted by atomic mass is 9.62. The van der Waals surface area contributed by atoms with Crippen LogP contribution >= 0.6 is 0 Å². The minimum atomic E-state index is -1.54. The predicted octanol–water partition coefficient (Wildman–Crippen LogP) is 4.06. The molecule has 13 heteroatoms. The Kier molecular flexibility index (Phi) is 13.3. The number of aliphatic hydroxyl groups excluding tert-OH is 2. The summed E-state index contributed by atoms with van der Waals surface area (Å²) >= 11 is 0. The van der Waals surface area contributed by atoms with Gasteiger partial charge >= 0.3 is 5.97 Å². The largest absolute Gasteiger partial charge is 0.508 e. The van der Waals surface area contributed by atoms with Gasteiger partial charge in [0.2, 0.25) is 11.8 Å². The third-order valence-electron chi connectivity index (χ3n) is 11.4. The van der Waals surface area contributed by atoms with Crippen molar-refractivity contribution in [3.8, 4) is 5.75 Å². The molecule has 2 bridgehead atoms. The summed E-state index contributed by atoms with van der Waals surface area (Å²) in [6.45, 7) is 5.44. The van der Waals surface area contributed by atoms with E-state index < -0.39 is 71.6 Å². The number of para-hydroxylation sites is 1. The molecule has 3 saturated heterocycles. The van der Waals surface area contributed by atoms with Gasteiger partial charge in [0.25, 0.3) is 0 Å². The van der Waals surface area contributed by atoms with Gasteiger partial charge in [0.1, 0.15) is 41.6 Å². The molecule has 3 aliphatic heterocycles. The maximum atomic E-state index is 14.8. The number of nitrogens with zero attached hydrogens (tertiary/aromatic N) is 1. The molecule has 3 heterocycles. The van der Waals surface area contributed by atoms with Gasteiger partial charge in [0, 0.05) is 25.8 Å². The van der Waals surface area contributed by atoms with E-state index in [1.807, 2.05) is 48.6 Å². The van der Waals surface area contributed by atoms with Crippen molar-refractivity contribution in [3.63, 3.8) is 0 Å². The first-order valence-corrected chi connectivity index (χ1v) is 19.9. The number of carbonyl (C=O) groups excluding carboxylic acids is 3. The zero-order chi connectivity index (χ0) is 39.2. The van der Waals surface area contributed by atoms with Gasteiger partial charge in [-0.2, -0.15) is 5.06 Å². The monoisotopic (exact) mass is 763 g/mol. The van der Waals surface area contributed by atoms with Crippen LogP contribution < -0.4 is 10.6 Å². The number of phenolic OH excluding ortho intramolecular Hbond substituents is 1. The molecule has 2 aromatic rings. The fourth-order valence-corrected chi connectivity index (χ4v) is 8.59. The van der Waals surface area contributed by atoms with E-state index in [0.717, 1.165) is 55.2 Å². The Morgan fingerprint density at radius 2 is 1.69 bits per heavy atom. The van der Waals surface area contributed by atoms with Gasteiger partial charge in [-0.3, -0.25) is 19.2 Å². The molecule has 0 radical (unpaired) electrons. The van der Waals surface area contributed by atoms with Crippen LogP contribution in [0, 0.1) is 5.41 Å². The van der Waals surface area contributed by atoms with E-state index in [-0.39, 0.29) is 31.9 Å². The molecule has 0 unspecified atom stereocenters. The predicted molar refractivity (Wildman–Crippen MR) is 203 cm³/mol. The Bertz CT molecular complexity index is 1660. The lowest BCUT2D eigenvalue weighted by Crippen LogP contribution is -2.71. The second-order valence-electron chi connectivity index (χ2n) is 15.4. The summed E-state index contributed by atoms with van der Waals surface area (Å²) in [5.41, 5.74) is 1.05. The number of esters is 1. The molecular weight excluding hydrogens is 706 g/mol. The van der Waals surface area contributed by atoms with Crippen LogP contribution in [0.1, 0.15) is 95.2 Å². The van der Waals surface area contributed by atoms with E-state index >= 15 is 0 Å². The van der Waals surface area contributed by atoms with Crippen LogP contribution in [0.5, 0.6) is 5.75 Å². The zero-order valence-electron chi connectivity index (χ0n) is 32.2. The average molecular weight is 764 g/mol. The van der Waals surface area contributed by atoms with Crippen molar-refractivity contribution in [2.75, 3.05) is 13.2 Å². The molecule has 8 atom stereocenters. The number of ether oxygens (including phenoxy) is 3. The second-order valence-corrected chi connectivity index (χ2v) is 15.4. The number of fused-ring (bicyclic) bond motifs is 4. The molecule has 6 rings (SSSR count). The zero-order valence-corrected chi connectivity index (χ0v) is 32.2. The minimum absolute atomic E-state index is 0.0577. The number of allylic oxidation sites excluding steroid dienone is 1. The quantitative estimate of drug-likeness (QED) is 0.103. The second kappa shape index (κ2) is 18.0. The summed E-state index contributed by atoms with van der Waals surface area (Å²) in [5.74, 6) is -2.60. The number of hydrogen-bond acceptors (Lipinski definition) is 11. The maximum absolute atomic E-state index is 14.8. The first-order chi connectivity index (χ1) is 26.6. The summed E-state index contributed by atoms with van der Waals surface area (Å²) in [4.78, 5) is 48.7. The number of phenols is 1. The highest BCUT2D eigenvalue weighted by Crippen LogP contribution is 2.58. The Hall–Kier alpha value is -3.85. The summed E-state index contributed by atoms with van der Waals surface area (Å²) in [6.07, 6.45) is 7.27. The van der Waals surface area contributed by atoms with Crippen molar-refractivity contribution in [2.45, 2.75) is 140 Å². The standard InChI is InChI=1S/C42H57N3O10/c1-4-6-10-21-41(22-11-7-5-2)53-34-32-25-42(40(51)44-33(27(3)47)38(49)43-23-24-46)36(39(50)52-32)45(55-37(42)35(34)54-41)26-29-19-17-28(18-20-29)13-12-15-30-14-8-9-16-31(30)48/h8-9,12-14,16-20,27,32-37,46-48H,4-7,10-11,15,21-26H2,1-3H3,(H,43,49)(H,44,51)/t27-,32+,33+,34-,35-,36-,37+,42-/m0/s1. The highest BCUT2D eigenvalue weighted by atomic mass is 16.8. The Morgan fingerprint density at radius 1 is 1.00 bits per heavy atom. The van der Waals surface area contributed by atoms with E-state index in [9.17, 15) is 29.7 Å². The molecular formula is C42H57N3O10. The SMILES string of the molecule is CCCCCC1(CCCCC)O[C@@H]2[C@H](O1)[C@H]1ON(Cc3ccc(C=CCc4ccccc4O)cc3)[C@H]3C(=O)O[C@@H]2C[C@@]13C(=O)N[C@@H](C(=O)NCCO)[C@H](C)O. The number of hydroxylamine groups is 2. The summed E-state index contributed by atoms with van der Waals surface area (Å²) in [7, 11) is 0. The van der Waals surface area contributed by atoms with Crippen molar-refractivity contribution < 1.29 is 48.8 Å². The minimum Gasteiger partial charge on any atom is -0.508 e. The van der Waals surface area contributed by atoms with Gasteiger partial charge < -0.3 is 40.2 Å². The third-order valence-corrected chi connectivity index (χ3v) is 11.4. The van der Waals surface area contributed by atoms with Crippen LogP contribution in [-0.4, -0.2) is 99.7 Å². The lowest BCUT2D eigenvalue weighted by molar-refractivity contribution is -0.224. The smallest absolute Gasteiger partial charge is 0.327 e. The molecule has 0 aromatic heterocycles. The van der Waals surface area contributed by atoms with Crippen LogP contribution in [0.15, 0.2) is 54.6 Å². The number of aromatic hydroxyl groups is 1. The van der Waals surface area contributed by atoms with Crippen LogP contribution in [0.2, 0.25) is 0 Å². The molecule has 300 valence electrons. The Labute approximate surface area is 323 Å². The van der Waals surface area contributed by atoms with Gasteiger partial charge in [-0.15, -0.1) is 0 Å². The van der Waals surface area contributed by atoms with Crippen molar-refractivity contribution in [1.82, 2.24) is 15.7 Å². The molecule has 13 nitrogen and oxygen atoms in total. The average Bonchev–Trinajstić information content (AvgIpc) is 3.72. The van der Waals surface area contributed by atoms with Gasteiger partial charge in [-0.25, -0.2) is 0 Å². The normalized spacial score (nSPS) is 27.7. The highest BCUT2D eigenvalue weighted by molar-refractivity contribution is 5.96. The summed E-state index contributed by atoms with van der Waals surface area (Å²) in [5, 5.41) is 36.8. The highest BCUT2D eigenvalue weighted by Gasteiger charge is 2.76. The topological polar surface area (TPSA) is 176 Å². The van der Waals surface area contributed by atoms with Gasteiger partial charge in [0.05, 0.1) is 19.3 Å². The van der Waals surface area contributed by atoms with E-state index in [2.05, 4.69) is 24.5 Å². The number of hydrogen-bond donors (Lipinski definition) is 5. The molecule has 1 saturated carbocycles. The van der Waals surface area contributed by atoms with Crippen LogP contribution in [0.4, 0.5) is 0 Å². The van der Waals surface area contributed by atoms with E-state index in [4.69, 9.17) is 19.0 Å². The Morgan fingerprint density at radius 3 is 2.35 bits per heavy atom. The van der Waals surface area contributed by atoms with Crippen LogP contribution in [-0.2, 0) is 46.4 Å². The number of nitrogens with one attached hydrogen (secondary N) is 2. The van der Waals surface area contributed by atoms with Crippen molar-refractivity contribution >= 4 is 23.9 Å². The molecule has 55 heavy (non-hydrogen) atoms. The number of aliphatic hydroxyl groups is 2. The Balaban J connectivity index is 1.30. The third kappa shape index (κ3) is 8.62. The maximum Gasteiger partial charge on any atom is 0.327 e. The number of unbranched alkanes of at least 4 members (excludes halogenated alkanes) is 4. The van der Waals surface area contributed by atoms with Gasteiger partial charge in [-0.1, -0.05) is 94.1 Å². The fraction of sp³-hybridized carbons (Fsp3) is 0.595. The molecule has 4 fully saturated rings. The molecule has 4 aliphatic rings. The summed E-state index contributed by atoms with van der Waals surface area (Å²) < 4.78 is 19.9. The van der Waals surface area contributed by atoms with Gasteiger partial charge in [-0.05, 0) is 48.9 Å². The molecule has 2 amide bonds. The fourth-order valence-electron chi connectivity index (χ4n) is 8.59. The number of benzene rings is 2.